The predicted octanol–water partition coefficient (Wildman–Crippen LogP) is 4.06. The first-order valence-electron chi connectivity index (χ1n) is 6.20. The Bertz CT molecular complexity index is 708. The molecule has 0 spiro atoms. The van der Waals surface area contributed by atoms with Crippen molar-refractivity contribution in [2.75, 3.05) is 5.32 Å². The fourth-order valence-corrected chi connectivity index (χ4v) is 2.69. The molecule has 20 heavy (non-hydrogen) atoms. The van der Waals surface area contributed by atoms with Crippen LogP contribution in [0.25, 0.3) is 10.4 Å². The molecule has 1 amide bonds. The lowest BCUT2D eigenvalue weighted by Crippen LogP contribution is -2.13. The number of benzene rings is 1. The summed E-state index contributed by atoms with van der Waals surface area (Å²) in [6.07, 6.45) is 1.61. The van der Waals surface area contributed by atoms with E-state index >= 15 is 0 Å². The highest BCUT2D eigenvalue weighted by Gasteiger charge is 2.10. The Balaban J connectivity index is 1.90. The van der Waals surface area contributed by atoms with Crippen molar-refractivity contribution in [3.63, 3.8) is 0 Å². The maximum atomic E-state index is 12.2. The molecule has 0 saturated heterocycles. The number of hydrogen-bond donors (Lipinski definition) is 1. The molecule has 0 fully saturated rings. The molecule has 2 aromatic heterocycles. The van der Waals surface area contributed by atoms with Crippen molar-refractivity contribution in [1.82, 2.24) is 4.98 Å². The van der Waals surface area contributed by atoms with Gasteiger partial charge < -0.3 is 5.32 Å². The number of amides is 1. The van der Waals surface area contributed by atoms with Gasteiger partial charge in [-0.25, -0.2) is 0 Å². The lowest BCUT2D eigenvalue weighted by Gasteiger charge is -2.09. The minimum absolute atomic E-state index is 0.199. The van der Waals surface area contributed by atoms with E-state index in [9.17, 15) is 4.79 Å². The van der Waals surface area contributed by atoms with E-state index in [2.05, 4.69) is 10.3 Å². The van der Waals surface area contributed by atoms with Gasteiger partial charge in [0.1, 0.15) is 5.69 Å². The number of anilines is 1. The maximum absolute atomic E-state index is 12.2. The van der Waals surface area contributed by atoms with Crippen LogP contribution in [0.3, 0.4) is 0 Å². The van der Waals surface area contributed by atoms with Crippen LogP contribution in [0.5, 0.6) is 0 Å². The smallest absolute Gasteiger partial charge is 0.274 e. The molecule has 0 radical (unpaired) electrons. The molecule has 0 saturated carbocycles. The van der Waals surface area contributed by atoms with Crippen molar-refractivity contribution in [1.29, 1.82) is 0 Å². The van der Waals surface area contributed by atoms with Gasteiger partial charge in [0, 0.05) is 22.3 Å². The van der Waals surface area contributed by atoms with Gasteiger partial charge in [0.15, 0.2) is 0 Å². The van der Waals surface area contributed by atoms with Crippen molar-refractivity contribution >= 4 is 22.9 Å². The van der Waals surface area contributed by atoms with E-state index in [1.54, 1.807) is 35.7 Å². The molecule has 3 nitrogen and oxygen atoms in total. The molecule has 0 aliphatic carbocycles. The molecule has 0 bridgehead atoms. The van der Waals surface area contributed by atoms with Crippen LogP contribution in [0.15, 0.2) is 66.2 Å². The van der Waals surface area contributed by atoms with E-state index < -0.39 is 0 Å². The molecule has 0 atom stereocenters. The van der Waals surface area contributed by atoms with Crippen LogP contribution in [0, 0.1) is 0 Å². The van der Waals surface area contributed by atoms with Crippen LogP contribution < -0.4 is 5.32 Å². The van der Waals surface area contributed by atoms with Crippen molar-refractivity contribution < 1.29 is 4.79 Å². The molecule has 1 aromatic carbocycles. The number of aromatic nitrogens is 1. The van der Waals surface area contributed by atoms with Gasteiger partial charge in [-0.2, -0.15) is 0 Å². The summed E-state index contributed by atoms with van der Waals surface area (Å²) in [5, 5.41) is 4.94. The molecular weight excluding hydrogens is 268 g/mol. The van der Waals surface area contributed by atoms with E-state index in [4.69, 9.17) is 0 Å². The Hall–Kier alpha value is -2.46. The number of nitrogens with one attached hydrogen (secondary N) is 1. The molecule has 3 rings (SSSR count). The first kappa shape index (κ1) is 12.6. The second-order valence-electron chi connectivity index (χ2n) is 4.19. The van der Waals surface area contributed by atoms with Crippen LogP contribution in [-0.4, -0.2) is 10.9 Å². The fraction of sp³-hybridized carbons (Fsp3) is 0. The van der Waals surface area contributed by atoms with Crippen LogP contribution in [0.1, 0.15) is 10.5 Å². The zero-order valence-electron chi connectivity index (χ0n) is 10.6. The van der Waals surface area contributed by atoms with Crippen LogP contribution in [0.4, 0.5) is 5.69 Å². The van der Waals surface area contributed by atoms with Gasteiger partial charge in [0.25, 0.3) is 5.91 Å². The number of hydrogen-bond acceptors (Lipinski definition) is 3. The Morgan fingerprint density at radius 1 is 1.00 bits per heavy atom. The third-order valence-corrected chi connectivity index (χ3v) is 3.76. The summed E-state index contributed by atoms with van der Waals surface area (Å²) in [6, 6.07) is 17.1. The van der Waals surface area contributed by atoms with E-state index in [1.807, 2.05) is 41.8 Å². The van der Waals surface area contributed by atoms with Crippen molar-refractivity contribution in [3.8, 4) is 10.4 Å². The summed E-state index contributed by atoms with van der Waals surface area (Å²) < 4.78 is 0. The summed E-state index contributed by atoms with van der Waals surface area (Å²) in [6.45, 7) is 0. The zero-order valence-corrected chi connectivity index (χ0v) is 11.4. The standard InChI is InChI=1S/C16H12N2OS/c19-16(14-8-3-4-10-17-14)18-13-7-2-1-6-12(13)15-9-5-11-20-15/h1-11H,(H,18,19). The van der Waals surface area contributed by atoms with Crippen LogP contribution in [0.2, 0.25) is 0 Å². The minimum Gasteiger partial charge on any atom is -0.320 e. The summed E-state index contributed by atoms with van der Waals surface area (Å²) in [5.41, 5.74) is 2.23. The van der Waals surface area contributed by atoms with Gasteiger partial charge in [-0.05, 0) is 29.6 Å². The number of para-hydroxylation sites is 1. The Kier molecular flexibility index (Phi) is 3.56. The number of thiophene rings is 1. The molecule has 0 aliphatic heterocycles. The Morgan fingerprint density at radius 2 is 1.85 bits per heavy atom. The largest absolute Gasteiger partial charge is 0.320 e. The monoisotopic (exact) mass is 280 g/mol. The van der Waals surface area contributed by atoms with Gasteiger partial charge in [-0.3, -0.25) is 9.78 Å². The first-order valence-corrected chi connectivity index (χ1v) is 7.08. The van der Waals surface area contributed by atoms with Crippen LogP contribution >= 0.6 is 11.3 Å². The lowest BCUT2D eigenvalue weighted by atomic mass is 10.1. The third-order valence-electron chi connectivity index (χ3n) is 2.86. The molecule has 0 unspecified atom stereocenters. The lowest BCUT2D eigenvalue weighted by molar-refractivity contribution is 0.102. The second-order valence-corrected chi connectivity index (χ2v) is 5.14. The molecule has 0 aliphatic rings. The second kappa shape index (κ2) is 5.67. The number of nitrogens with zero attached hydrogens (tertiary/aromatic N) is 1. The number of rotatable bonds is 3. The highest BCUT2D eigenvalue weighted by atomic mass is 32.1. The average molecular weight is 280 g/mol. The summed E-state index contributed by atoms with van der Waals surface area (Å²) >= 11 is 1.65. The third kappa shape index (κ3) is 2.60. The van der Waals surface area contributed by atoms with E-state index in [-0.39, 0.29) is 5.91 Å². The molecule has 98 valence electrons. The van der Waals surface area contributed by atoms with E-state index in [0.717, 1.165) is 16.1 Å². The number of carbonyl (C=O) groups excluding carboxylic acids is 1. The van der Waals surface area contributed by atoms with E-state index in [1.165, 1.54) is 0 Å². The SMILES string of the molecule is O=C(Nc1ccccc1-c1cccs1)c1ccccn1. The average Bonchev–Trinajstić information content (AvgIpc) is 3.03. The molecule has 1 N–H and O–H groups in total. The van der Waals surface area contributed by atoms with Crippen molar-refractivity contribution in [2.45, 2.75) is 0 Å². The van der Waals surface area contributed by atoms with Gasteiger partial charge in [0.05, 0.1) is 0 Å². The van der Waals surface area contributed by atoms with Gasteiger partial charge >= 0.3 is 0 Å². The normalized spacial score (nSPS) is 10.2. The molecule has 3 aromatic rings. The highest BCUT2D eigenvalue weighted by molar-refractivity contribution is 7.13. The zero-order chi connectivity index (χ0) is 13.8. The highest BCUT2D eigenvalue weighted by Crippen LogP contribution is 2.31. The topological polar surface area (TPSA) is 42.0 Å². The fourth-order valence-electron chi connectivity index (χ4n) is 1.92. The molecule has 2 heterocycles. The summed E-state index contributed by atoms with van der Waals surface area (Å²) in [7, 11) is 0. The van der Waals surface area contributed by atoms with Gasteiger partial charge in [-0.1, -0.05) is 30.3 Å². The van der Waals surface area contributed by atoms with Gasteiger partial charge in [-0.15, -0.1) is 11.3 Å². The number of carbonyl (C=O) groups is 1. The molecule has 4 heteroatoms. The number of pyridine rings is 1. The quantitative estimate of drug-likeness (QED) is 0.786. The van der Waals surface area contributed by atoms with Crippen molar-refractivity contribution in [2.24, 2.45) is 0 Å². The Morgan fingerprint density at radius 3 is 2.60 bits per heavy atom. The minimum atomic E-state index is -0.199. The summed E-state index contributed by atoms with van der Waals surface area (Å²) in [4.78, 5) is 17.4. The maximum Gasteiger partial charge on any atom is 0.274 e. The Labute approximate surface area is 120 Å². The first-order chi connectivity index (χ1) is 9.84. The predicted molar refractivity (Wildman–Crippen MR) is 81.9 cm³/mol. The van der Waals surface area contributed by atoms with Crippen molar-refractivity contribution in [3.05, 3.63) is 71.9 Å². The molecular formula is C16H12N2OS. The summed E-state index contributed by atoms with van der Waals surface area (Å²) in [5.74, 6) is -0.199. The van der Waals surface area contributed by atoms with Gasteiger partial charge in [0.2, 0.25) is 0 Å². The van der Waals surface area contributed by atoms with E-state index in [0.29, 0.717) is 5.69 Å². The van der Waals surface area contributed by atoms with Crippen LogP contribution in [-0.2, 0) is 0 Å².